The predicted octanol–water partition coefficient (Wildman–Crippen LogP) is 2.38. The second-order valence-corrected chi connectivity index (χ2v) is 5.81. The second-order valence-electron chi connectivity index (χ2n) is 4.75. The van der Waals surface area contributed by atoms with Gasteiger partial charge in [0, 0.05) is 18.5 Å². The molecule has 1 aromatic heterocycles. The van der Waals surface area contributed by atoms with E-state index in [4.69, 9.17) is 0 Å². The molecule has 0 radical (unpaired) electrons. The second kappa shape index (κ2) is 5.60. The number of thiazole rings is 1. The summed E-state index contributed by atoms with van der Waals surface area (Å²) in [5.74, 6) is -0.735. The van der Waals surface area contributed by atoms with Crippen molar-refractivity contribution < 1.29 is 9.90 Å². The van der Waals surface area contributed by atoms with Crippen molar-refractivity contribution in [2.24, 2.45) is 5.41 Å². The van der Waals surface area contributed by atoms with Crippen LogP contribution in [0, 0.1) is 12.3 Å². The summed E-state index contributed by atoms with van der Waals surface area (Å²) in [6.45, 7) is 6.91. The Hall–Kier alpha value is -0.940. The zero-order chi connectivity index (χ0) is 13.1. The van der Waals surface area contributed by atoms with Crippen LogP contribution in [0.25, 0.3) is 0 Å². The van der Waals surface area contributed by atoms with Gasteiger partial charge in [0.1, 0.15) is 0 Å². The summed E-state index contributed by atoms with van der Waals surface area (Å²) in [6.07, 6.45) is 0.628. The van der Waals surface area contributed by atoms with E-state index in [1.165, 1.54) is 0 Å². The Kier molecular flexibility index (Phi) is 4.65. The van der Waals surface area contributed by atoms with Crippen LogP contribution in [-0.2, 0) is 11.3 Å². The molecule has 0 saturated heterocycles. The number of aromatic nitrogens is 1. The molecule has 0 aliphatic rings. The van der Waals surface area contributed by atoms with Crippen molar-refractivity contribution in [1.82, 2.24) is 9.88 Å². The number of carboxylic acids is 1. The van der Waals surface area contributed by atoms with Gasteiger partial charge < -0.3 is 5.11 Å². The number of aryl methyl sites for hydroxylation is 1. The lowest BCUT2D eigenvalue weighted by molar-refractivity contribution is -0.149. The van der Waals surface area contributed by atoms with Gasteiger partial charge in [0.05, 0.1) is 16.1 Å². The van der Waals surface area contributed by atoms with Crippen LogP contribution >= 0.6 is 11.3 Å². The Morgan fingerprint density at radius 2 is 2.29 bits per heavy atom. The summed E-state index contributed by atoms with van der Waals surface area (Å²) < 4.78 is 0. The highest BCUT2D eigenvalue weighted by atomic mass is 32.1. The molecule has 1 heterocycles. The highest BCUT2D eigenvalue weighted by molar-refractivity contribution is 7.09. The minimum atomic E-state index is -0.735. The number of hydrogen-bond acceptors (Lipinski definition) is 4. The van der Waals surface area contributed by atoms with Gasteiger partial charge in [0.15, 0.2) is 0 Å². The van der Waals surface area contributed by atoms with Crippen LogP contribution in [0.3, 0.4) is 0 Å². The van der Waals surface area contributed by atoms with E-state index in [1.54, 1.807) is 18.3 Å². The molecule has 0 amide bonds. The highest BCUT2D eigenvalue weighted by Gasteiger charge is 2.32. The Morgan fingerprint density at radius 3 is 2.71 bits per heavy atom. The van der Waals surface area contributed by atoms with Gasteiger partial charge in [-0.25, -0.2) is 4.98 Å². The van der Waals surface area contributed by atoms with E-state index in [-0.39, 0.29) is 0 Å². The molecule has 1 aromatic rings. The SMILES string of the molecule is CCC(C)(CN(C)Cc1csc(C)n1)C(=O)O. The summed E-state index contributed by atoms with van der Waals surface area (Å²) in [4.78, 5) is 17.6. The lowest BCUT2D eigenvalue weighted by Gasteiger charge is -2.28. The average molecular weight is 256 g/mol. The monoisotopic (exact) mass is 256 g/mol. The van der Waals surface area contributed by atoms with Crippen molar-refractivity contribution in [3.8, 4) is 0 Å². The van der Waals surface area contributed by atoms with Crippen molar-refractivity contribution in [2.45, 2.75) is 33.7 Å². The fourth-order valence-electron chi connectivity index (χ4n) is 1.74. The third-order valence-corrected chi connectivity index (χ3v) is 3.84. The van der Waals surface area contributed by atoms with E-state index in [1.807, 2.05) is 31.2 Å². The van der Waals surface area contributed by atoms with E-state index >= 15 is 0 Å². The fraction of sp³-hybridized carbons (Fsp3) is 0.667. The number of carbonyl (C=O) groups is 1. The normalized spacial score (nSPS) is 14.9. The molecule has 0 aromatic carbocycles. The Morgan fingerprint density at radius 1 is 1.65 bits per heavy atom. The zero-order valence-electron chi connectivity index (χ0n) is 10.9. The molecule has 0 spiro atoms. The van der Waals surface area contributed by atoms with Crippen LogP contribution in [0.4, 0.5) is 0 Å². The molecule has 0 bridgehead atoms. The zero-order valence-corrected chi connectivity index (χ0v) is 11.7. The molecule has 5 heteroatoms. The summed E-state index contributed by atoms with van der Waals surface area (Å²) in [5.41, 5.74) is 0.332. The van der Waals surface area contributed by atoms with Crippen molar-refractivity contribution in [3.63, 3.8) is 0 Å². The van der Waals surface area contributed by atoms with E-state index < -0.39 is 11.4 Å². The maximum atomic E-state index is 11.2. The van der Waals surface area contributed by atoms with Gasteiger partial charge in [-0.15, -0.1) is 11.3 Å². The molecule has 0 fully saturated rings. The molecule has 1 N–H and O–H groups in total. The number of nitrogens with zero attached hydrogens (tertiary/aromatic N) is 2. The molecule has 4 nitrogen and oxygen atoms in total. The molecular formula is C12H20N2O2S. The average Bonchev–Trinajstić information content (AvgIpc) is 2.63. The van der Waals surface area contributed by atoms with Gasteiger partial charge >= 0.3 is 5.97 Å². The van der Waals surface area contributed by atoms with Crippen LogP contribution in [-0.4, -0.2) is 34.6 Å². The smallest absolute Gasteiger partial charge is 0.310 e. The number of rotatable bonds is 6. The first kappa shape index (κ1) is 14.1. The van der Waals surface area contributed by atoms with Crippen molar-refractivity contribution >= 4 is 17.3 Å². The Balaban J connectivity index is 2.59. The van der Waals surface area contributed by atoms with Gasteiger partial charge in [0.2, 0.25) is 0 Å². The lowest BCUT2D eigenvalue weighted by Crippen LogP contribution is -2.38. The molecule has 1 rings (SSSR count). The molecule has 0 aliphatic carbocycles. The van der Waals surface area contributed by atoms with Gasteiger partial charge in [-0.1, -0.05) is 6.92 Å². The molecule has 0 aliphatic heterocycles. The van der Waals surface area contributed by atoms with Crippen LogP contribution in [0.1, 0.15) is 31.0 Å². The fourth-order valence-corrected chi connectivity index (χ4v) is 2.34. The first-order valence-electron chi connectivity index (χ1n) is 5.70. The third kappa shape index (κ3) is 3.78. The maximum absolute atomic E-state index is 11.2. The van der Waals surface area contributed by atoms with Crippen LogP contribution in [0.5, 0.6) is 0 Å². The van der Waals surface area contributed by atoms with Gasteiger partial charge in [0.25, 0.3) is 0 Å². The maximum Gasteiger partial charge on any atom is 0.310 e. The first-order chi connectivity index (χ1) is 7.87. The van der Waals surface area contributed by atoms with E-state index in [0.29, 0.717) is 19.5 Å². The minimum absolute atomic E-state index is 0.537. The van der Waals surface area contributed by atoms with Crippen LogP contribution in [0.15, 0.2) is 5.38 Å². The van der Waals surface area contributed by atoms with Gasteiger partial charge in [-0.2, -0.15) is 0 Å². The summed E-state index contributed by atoms with van der Waals surface area (Å²) in [6, 6.07) is 0. The topological polar surface area (TPSA) is 53.4 Å². The van der Waals surface area contributed by atoms with E-state index in [0.717, 1.165) is 10.7 Å². The molecule has 0 saturated carbocycles. The lowest BCUT2D eigenvalue weighted by atomic mass is 9.87. The first-order valence-corrected chi connectivity index (χ1v) is 6.58. The number of carboxylic acid groups (broad SMARTS) is 1. The highest BCUT2D eigenvalue weighted by Crippen LogP contribution is 2.23. The third-order valence-electron chi connectivity index (χ3n) is 3.01. The van der Waals surface area contributed by atoms with E-state index in [2.05, 4.69) is 4.98 Å². The summed E-state index contributed by atoms with van der Waals surface area (Å²) >= 11 is 1.62. The number of aliphatic carboxylic acids is 1. The summed E-state index contributed by atoms with van der Waals surface area (Å²) in [5, 5.41) is 12.3. The van der Waals surface area contributed by atoms with Crippen LogP contribution in [0.2, 0.25) is 0 Å². The Bertz CT molecular complexity index is 392. The van der Waals surface area contributed by atoms with Crippen molar-refractivity contribution in [2.75, 3.05) is 13.6 Å². The van der Waals surface area contributed by atoms with Crippen molar-refractivity contribution in [1.29, 1.82) is 0 Å². The van der Waals surface area contributed by atoms with Crippen LogP contribution < -0.4 is 0 Å². The summed E-state index contributed by atoms with van der Waals surface area (Å²) in [7, 11) is 1.94. The quantitative estimate of drug-likeness (QED) is 0.849. The standard InChI is InChI=1S/C12H20N2O2S/c1-5-12(3,11(15)16)8-14(4)6-10-7-17-9(2)13-10/h7H,5-6,8H2,1-4H3,(H,15,16). The minimum Gasteiger partial charge on any atom is -0.481 e. The number of hydrogen-bond donors (Lipinski definition) is 1. The van der Waals surface area contributed by atoms with Crippen molar-refractivity contribution in [3.05, 3.63) is 16.1 Å². The molecule has 17 heavy (non-hydrogen) atoms. The predicted molar refractivity (Wildman–Crippen MR) is 69.2 cm³/mol. The molecular weight excluding hydrogens is 236 g/mol. The Labute approximate surface area is 106 Å². The molecule has 1 unspecified atom stereocenters. The molecule has 96 valence electrons. The van der Waals surface area contributed by atoms with Gasteiger partial charge in [-0.3, -0.25) is 9.69 Å². The van der Waals surface area contributed by atoms with E-state index in [9.17, 15) is 9.90 Å². The van der Waals surface area contributed by atoms with Gasteiger partial charge in [-0.05, 0) is 27.3 Å². The molecule has 1 atom stereocenters. The largest absolute Gasteiger partial charge is 0.481 e.